The molecule has 120 valence electrons. The van der Waals surface area contributed by atoms with Crippen LogP contribution in [0, 0.1) is 0 Å². The Hall–Kier alpha value is -2.04. The molecule has 0 aliphatic heterocycles. The predicted octanol–water partition coefficient (Wildman–Crippen LogP) is 2.15. The van der Waals surface area contributed by atoms with Crippen LogP contribution in [0.3, 0.4) is 0 Å². The number of amides is 2. The highest BCUT2D eigenvalue weighted by molar-refractivity contribution is 6.35. The molecule has 1 aliphatic carbocycles. The monoisotopic (exact) mass is 304 g/mol. The average molecular weight is 304 g/mol. The van der Waals surface area contributed by atoms with Gasteiger partial charge in [-0.2, -0.15) is 0 Å². The lowest BCUT2D eigenvalue weighted by Crippen LogP contribution is -2.45. The van der Waals surface area contributed by atoms with Crippen molar-refractivity contribution >= 4 is 11.8 Å². The maximum absolute atomic E-state index is 11.8. The average Bonchev–Trinajstić information content (AvgIpc) is 2.55. The van der Waals surface area contributed by atoms with Crippen molar-refractivity contribution in [3.05, 3.63) is 29.8 Å². The van der Waals surface area contributed by atoms with Gasteiger partial charge >= 0.3 is 11.8 Å². The second-order valence-corrected chi connectivity index (χ2v) is 5.57. The zero-order valence-electron chi connectivity index (χ0n) is 13.1. The summed E-state index contributed by atoms with van der Waals surface area (Å²) < 4.78 is 5.36. The van der Waals surface area contributed by atoms with Crippen molar-refractivity contribution in [2.24, 2.45) is 0 Å². The van der Waals surface area contributed by atoms with Gasteiger partial charge < -0.3 is 15.4 Å². The summed E-state index contributed by atoms with van der Waals surface area (Å²) in [5, 5.41) is 5.46. The maximum atomic E-state index is 11.8. The summed E-state index contributed by atoms with van der Waals surface area (Å²) in [5.41, 5.74) is 0.933. The van der Waals surface area contributed by atoms with Gasteiger partial charge in [0.25, 0.3) is 0 Å². The Balaban J connectivity index is 1.75. The highest BCUT2D eigenvalue weighted by Gasteiger charge is 2.19. The van der Waals surface area contributed by atoms with Crippen molar-refractivity contribution in [1.82, 2.24) is 10.6 Å². The van der Waals surface area contributed by atoms with E-state index in [1.807, 2.05) is 31.2 Å². The fourth-order valence-electron chi connectivity index (χ4n) is 2.63. The minimum absolute atomic E-state index is 0.150. The summed E-state index contributed by atoms with van der Waals surface area (Å²) in [4.78, 5) is 23.6. The molecular weight excluding hydrogens is 280 g/mol. The topological polar surface area (TPSA) is 67.4 Å². The minimum Gasteiger partial charge on any atom is -0.494 e. The molecule has 2 N–H and O–H groups in total. The van der Waals surface area contributed by atoms with Crippen LogP contribution >= 0.6 is 0 Å². The van der Waals surface area contributed by atoms with E-state index in [9.17, 15) is 9.59 Å². The Morgan fingerprint density at radius 1 is 1.09 bits per heavy atom. The van der Waals surface area contributed by atoms with E-state index in [2.05, 4.69) is 10.6 Å². The molecule has 5 nitrogen and oxygen atoms in total. The highest BCUT2D eigenvalue weighted by atomic mass is 16.5. The van der Waals surface area contributed by atoms with Crippen LogP contribution < -0.4 is 15.4 Å². The van der Waals surface area contributed by atoms with Crippen LogP contribution in [0.2, 0.25) is 0 Å². The summed E-state index contributed by atoms with van der Waals surface area (Å²) in [7, 11) is 0. The van der Waals surface area contributed by atoms with Crippen LogP contribution in [0.15, 0.2) is 24.3 Å². The molecule has 2 amide bonds. The molecule has 0 saturated heterocycles. The van der Waals surface area contributed by atoms with E-state index in [0.717, 1.165) is 37.0 Å². The van der Waals surface area contributed by atoms with E-state index in [-0.39, 0.29) is 6.04 Å². The Labute approximate surface area is 131 Å². The van der Waals surface area contributed by atoms with Gasteiger partial charge in [-0.1, -0.05) is 31.4 Å². The normalized spacial score (nSPS) is 15.1. The van der Waals surface area contributed by atoms with E-state index < -0.39 is 11.8 Å². The molecule has 0 aromatic heterocycles. The molecule has 0 bridgehead atoms. The van der Waals surface area contributed by atoms with E-state index in [0.29, 0.717) is 13.2 Å². The maximum Gasteiger partial charge on any atom is 0.309 e. The molecule has 0 spiro atoms. The molecule has 1 aromatic carbocycles. The van der Waals surface area contributed by atoms with Gasteiger partial charge in [0.15, 0.2) is 0 Å². The van der Waals surface area contributed by atoms with Gasteiger partial charge in [-0.25, -0.2) is 0 Å². The number of hydrogen-bond acceptors (Lipinski definition) is 3. The number of nitrogens with one attached hydrogen (secondary N) is 2. The molecule has 2 rings (SSSR count). The standard InChI is InChI=1S/C17H24N2O3/c1-2-22-15-10-8-13(9-11-15)12-18-16(20)17(21)19-14-6-4-3-5-7-14/h8-11,14H,2-7,12H2,1H3,(H,18,20)(H,19,21). The lowest BCUT2D eigenvalue weighted by Gasteiger charge is -2.22. The smallest absolute Gasteiger partial charge is 0.309 e. The Morgan fingerprint density at radius 3 is 2.41 bits per heavy atom. The minimum atomic E-state index is -0.570. The third kappa shape index (κ3) is 5.06. The molecule has 0 unspecified atom stereocenters. The Morgan fingerprint density at radius 2 is 1.77 bits per heavy atom. The van der Waals surface area contributed by atoms with Gasteiger partial charge in [0, 0.05) is 12.6 Å². The first kappa shape index (κ1) is 16.3. The first-order chi connectivity index (χ1) is 10.7. The second kappa shape index (κ2) is 8.41. The second-order valence-electron chi connectivity index (χ2n) is 5.57. The summed E-state index contributed by atoms with van der Waals surface area (Å²) >= 11 is 0. The molecule has 1 aliphatic rings. The Kier molecular flexibility index (Phi) is 6.25. The summed E-state index contributed by atoms with van der Waals surface area (Å²) in [6.07, 6.45) is 5.41. The molecular formula is C17H24N2O3. The summed E-state index contributed by atoms with van der Waals surface area (Å²) in [6.45, 7) is 2.89. The van der Waals surface area contributed by atoms with E-state index in [1.165, 1.54) is 6.42 Å². The molecule has 1 aromatic rings. The van der Waals surface area contributed by atoms with Crippen molar-refractivity contribution in [1.29, 1.82) is 0 Å². The molecule has 5 heteroatoms. The summed E-state index contributed by atoms with van der Waals surface area (Å²) in [5.74, 6) is -0.301. The van der Waals surface area contributed by atoms with E-state index in [4.69, 9.17) is 4.74 Å². The van der Waals surface area contributed by atoms with E-state index >= 15 is 0 Å². The number of carbonyl (C=O) groups excluding carboxylic acids is 2. The van der Waals surface area contributed by atoms with Gasteiger partial charge in [-0.15, -0.1) is 0 Å². The Bertz CT molecular complexity index is 493. The highest BCUT2D eigenvalue weighted by Crippen LogP contribution is 2.17. The lowest BCUT2D eigenvalue weighted by molar-refractivity contribution is -0.139. The molecule has 0 heterocycles. The van der Waals surface area contributed by atoms with E-state index in [1.54, 1.807) is 0 Å². The van der Waals surface area contributed by atoms with Crippen LogP contribution in [0.5, 0.6) is 5.75 Å². The molecule has 22 heavy (non-hydrogen) atoms. The number of hydrogen-bond donors (Lipinski definition) is 2. The quantitative estimate of drug-likeness (QED) is 0.819. The number of ether oxygens (including phenoxy) is 1. The number of rotatable bonds is 5. The van der Waals surface area contributed by atoms with Gasteiger partial charge in [0.1, 0.15) is 5.75 Å². The molecule has 0 atom stereocenters. The van der Waals surface area contributed by atoms with Crippen molar-refractivity contribution in [2.75, 3.05) is 6.61 Å². The van der Waals surface area contributed by atoms with Gasteiger partial charge in [-0.05, 0) is 37.5 Å². The van der Waals surface area contributed by atoms with Crippen molar-refractivity contribution in [2.45, 2.75) is 51.6 Å². The van der Waals surface area contributed by atoms with Crippen LogP contribution in [0.1, 0.15) is 44.6 Å². The largest absolute Gasteiger partial charge is 0.494 e. The summed E-state index contributed by atoms with van der Waals surface area (Å²) in [6, 6.07) is 7.62. The van der Waals surface area contributed by atoms with Crippen molar-refractivity contribution < 1.29 is 14.3 Å². The first-order valence-electron chi connectivity index (χ1n) is 7.99. The van der Waals surface area contributed by atoms with Crippen LogP contribution in [-0.4, -0.2) is 24.5 Å². The number of carbonyl (C=O) groups is 2. The SMILES string of the molecule is CCOc1ccc(CNC(=O)C(=O)NC2CCCCC2)cc1. The first-order valence-corrected chi connectivity index (χ1v) is 7.99. The van der Waals surface area contributed by atoms with Crippen LogP contribution in [0.25, 0.3) is 0 Å². The van der Waals surface area contributed by atoms with Crippen molar-refractivity contribution in [3.8, 4) is 5.75 Å². The van der Waals surface area contributed by atoms with Crippen molar-refractivity contribution in [3.63, 3.8) is 0 Å². The van der Waals surface area contributed by atoms with Gasteiger partial charge in [-0.3, -0.25) is 9.59 Å². The third-order valence-corrected chi connectivity index (χ3v) is 3.83. The number of benzene rings is 1. The molecule has 0 radical (unpaired) electrons. The van der Waals surface area contributed by atoms with Crippen LogP contribution in [-0.2, 0) is 16.1 Å². The van der Waals surface area contributed by atoms with Gasteiger partial charge in [0.05, 0.1) is 6.61 Å². The molecule has 1 fully saturated rings. The predicted molar refractivity (Wildman–Crippen MR) is 84.5 cm³/mol. The molecule has 1 saturated carbocycles. The lowest BCUT2D eigenvalue weighted by atomic mass is 9.95. The fraction of sp³-hybridized carbons (Fsp3) is 0.529. The fourth-order valence-corrected chi connectivity index (χ4v) is 2.63. The third-order valence-electron chi connectivity index (χ3n) is 3.83. The zero-order valence-corrected chi connectivity index (χ0v) is 13.1. The van der Waals surface area contributed by atoms with Crippen LogP contribution in [0.4, 0.5) is 0 Å². The zero-order chi connectivity index (χ0) is 15.8. The van der Waals surface area contributed by atoms with Gasteiger partial charge in [0.2, 0.25) is 0 Å².